The molecule has 0 atom stereocenters. The number of methoxy groups -OCH3 is 1. The molecule has 6 nitrogen and oxygen atoms in total. The van der Waals surface area contributed by atoms with Crippen LogP contribution in [0.4, 0.5) is 0 Å². The fourth-order valence-corrected chi connectivity index (χ4v) is 3.54. The molecule has 0 aliphatic carbocycles. The minimum Gasteiger partial charge on any atom is -0.465 e. The Morgan fingerprint density at radius 3 is 2.84 bits per heavy atom. The molecule has 2 heterocycles. The van der Waals surface area contributed by atoms with Crippen molar-refractivity contribution in [2.75, 3.05) is 7.11 Å². The number of hydrogen-bond donors (Lipinski definition) is 0. The van der Waals surface area contributed by atoms with Crippen LogP contribution in [0.2, 0.25) is 0 Å². The molecule has 7 heteroatoms. The molecule has 0 fully saturated rings. The summed E-state index contributed by atoms with van der Waals surface area (Å²) in [4.78, 5) is 28.9. The standard InChI is InChI=1S/C18H18N2O4S/c1-4-20-16(21)13-7-5-6-8-15(13)19-18(20)25-10-12-9-14(11(2)24-12)17(22)23-3/h5-9H,4,10H2,1-3H3. The van der Waals surface area contributed by atoms with Crippen molar-refractivity contribution < 1.29 is 13.9 Å². The maximum Gasteiger partial charge on any atom is 0.341 e. The van der Waals surface area contributed by atoms with Crippen LogP contribution in [0.3, 0.4) is 0 Å². The quantitative estimate of drug-likeness (QED) is 0.395. The van der Waals surface area contributed by atoms with Gasteiger partial charge in [-0.25, -0.2) is 9.78 Å². The number of fused-ring (bicyclic) bond motifs is 1. The lowest BCUT2D eigenvalue weighted by Crippen LogP contribution is -2.22. The molecule has 0 unspecified atom stereocenters. The molecule has 0 saturated carbocycles. The highest BCUT2D eigenvalue weighted by atomic mass is 32.2. The van der Waals surface area contributed by atoms with Crippen molar-refractivity contribution in [1.29, 1.82) is 0 Å². The molecule has 25 heavy (non-hydrogen) atoms. The lowest BCUT2D eigenvalue weighted by molar-refractivity contribution is 0.0599. The minimum atomic E-state index is -0.424. The molecule has 0 N–H and O–H groups in total. The highest BCUT2D eigenvalue weighted by molar-refractivity contribution is 7.98. The van der Waals surface area contributed by atoms with Crippen molar-refractivity contribution in [3.8, 4) is 0 Å². The summed E-state index contributed by atoms with van der Waals surface area (Å²) in [7, 11) is 1.34. The fourth-order valence-electron chi connectivity index (χ4n) is 2.60. The number of nitrogens with zero attached hydrogens (tertiary/aromatic N) is 2. The average molecular weight is 358 g/mol. The summed E-state index contributed by atoms with van der Waals surface area (Å²) in [6.45, 7) is 4.16. The van der Waals surface area contributed by atoms with Crippen LogP contribution in [0.1, 0.15) is 28.8 Å². The monoisotopic (exact) mass is 358 g/mol. The number of esters is 1. The van der Waals surface area contributed by atoms with Gasteiger partial charge >= 0.3 is 5.97 Å². The number of rotatable bonds is 5. The van der Waals surface area contributed by atoms with Crippen LogP contribution in [-0.2, 0) is 17.0 Å². The number of aryl methyl sites for hydroxylation is 1. The molecular formula is C18H18N2O4S. The summed E-state index contributed by atoms with van der Waals surface area (Å²) in [5.41, 5.74) is 1.03. The Bertz CT molecular complexity index is 990. The summed E-state index contributed by atoms with van der Waals surface area (Å²) in [6, 6.07) is 8.97. The van der Waals surface area contributed by atoms with Crippen LogP contribution in [0, 0.1) is 6.92 Å². The SMILES string of the molecule is CCn1c(SCc2cc(C(=O)OC)c(C)o2)nc2ccccc2c1=O. The van der Waals surface area contributed by atoms with Gasteiger partial charge in [-0.05, 0) is 32.0 Å². The number of hydrogen-bond acceptors (Lipinski definition) is 6. The lowest BCUT2D eigenvalue weighted by atomic mass is 10.2. The van der Waals surface area contributed by atoms with E-state index in [2.05, 4.69) is 4.98 Å². The van der Waals surface area contributed by atoms with Gasteiger partial charge in [-0.15, -0.1) is 0 Å². The van der Waals surface area contributed by atoms with Crippen molar-refractivity contribution >= 4 is 28.6 Å². The van der Waals surface area contributed by atoms with Gasteiger partial charge in [-0.2, -0.15) is 0 Å². The molecule has 2 aromatic heterocycles. The first-order valence-corrected chi connectivity index (χ1v) is 8.83. The molecule has 0 bridgehead atoms. The topological polar surface area (TPSA) is 74.3 Å². The molecular weight excluding hydrogens is 340 g/mol. The summed E-state index contributed by atoms with van der Waals surface area (Å²) >= 11 is 1.40. The van der Waals surface area contributed by atoms with Crippen molar-refractivity contribution in [1.82, 2.24) is 9.55 Å². The van der Waals surface area contributed by atoms with Gasteiger partial charge in [0.15, 0.2) is 5.16 Å². The molecule has 0 radical (unpaired) electrons. The van der Waals surface area contributed by atoms with Crippen molar-refractivity contribution in [3.63, 3.8) is 0 Å². The van der Waals surface area contributed by atoms with Crippen LogP contribution in [-0.4, -0.2) is 22.6 Å². The number of para-hydroxylation sites is 1. The van der Waals surface area contributed by atoms with Crippen molar-refractivity contribution in [2.24, 2.45) is 0 Å². The summed E-state index contributed by atoms with van der Waals surface area (Å²) in [5.74, 6) is 1.18. The summed E-state index contributed by atoms with van der Waals surface area (Å²) in [6.07, 6.45) is 0. The maximum atomic E-state index is 12.6. The minimum absolute atomic E-state index is 0.0542. The first-order chi connectivity index (χ1) is 12.0. The molecule has 0 saturated heterocycles. The third-order valence-corrected chi connectivity index (χ3v) is 4.86. The number of carbonyl (C=O) groups excluding carboxylic acids is 1. The predicted molar refractivity (Wildman–Crippen MR) is 96.0 cm³/mol. The molecule has 0 aliphatic heterocycles. The fraction of sp³-hybridized carbons (Fsp3) is 0.278. The predicted octanol–water partition coefficient (Wildman–Crippen LogP) is 3.40. The third-order valence-electron chi connectivity index (χ3n) is 3.86. The van der Waals surface area contributed by atoms with E-state index in [1.807, 2.05) is 25.1 Å². The normalized spacial score (nSPS) is 11.0. The van der Waals surface area contributed by atoms with Gasteiger partial charge in [-0.1, -0.05) is 23.9 Å². The molecule has 0 aliphatic rings. The van der Waals surface area contributed by atoms with Gasteiger partial charge in [0.25, 0.3) is 5.56 Å². The Balaban J connectivity index is 1.91. The van der Waals surface area contributed by atoms with E-state index in [4.69, 9.17) is 9.15 Å². The largest absolute Gasteiger partial charge is 0.465 e. The number of ether oxygens (including phenoxy) is 1. The third kappa shape index (κ3) is 3.32. The molecule has 3 aromatic rings. The highest BCUT2D eigenvalue weighted by Crippen LogP contribution is 2.25. The molecule has 1 aromatic carbocycles. The zero-order valence-electron chi connectivity index (χ0n) is 14.2. The van der Waals surface area contributed by atoms with Crippen molar-refractivity contribution in [2.45, 2.75) is 31.3 Å². The van der Waals surface area contributed by atoms with Crippen LogP contribution in [0.25, 0.3) is 10.9 Å². The highest BCUT2D eigenvalue weighted by Gasteiger charge is 2.16. The first-order valence-electron chi connectivity index (χ1n) is 7.85. The number of benzene rings is 1. The first kappa shape index (κ1) is 17.3. The Morgan fingerprint density at radius 1 is 1.36 bits per heavy atom. The van der Waals surface area contributed by atoms with E-state index in [0.717, 1.165) is 0 Å². The summed E-state index contributed by atoms with van der Waals surface area (Å²) < 4.78 is 12.0. The van der Waals surface area contributed by atoms with E-state index in [9.17, 15) is 9.59 Å². The number of carbonyl (C=O) groups is 1. The maximum absolute atomic E-state index is 12.6. The molecule has 0 amide bonds. The van der Waals surface area contributed by atoms with E-state index in [-0.39, 0.29) is 5.56 Å². The zero-order valence-corrected chi connectivity index (χ0v) is 15.1. The van der Waals surface area contributed by atoms with E-state index < -0.39 is 5.97 Å². The number of thioether (sulfide) groups is 1. The Labute approximate surface area is 148 Å². The Kier molecular flexibility index (Phi) is 4.94. The van der Waals surface area contributed by atoms with Gasteiger partial charge in [0, 0.05) is 6.54 Å². The van der Waals surface area contributed by atoms with Gasteiger partial charge in [-0.3, -0.25) is 9.36 Å². The van der Waals surface area contributed by atoms with Crippen molar-refractivity contribution in [3.05, 3.63) is 57.8 Å². The van der Waals surface area contributed by atoms with Gasteiger partial charge in [0.05, 0.1) is 23.8 Å². The lowest BCUT2D eigenvalue weighted by Gasteiger charge is -2.10. The zero-order chi connectivity index (χ0) is 18.0. The van der Waals surface area contributed by atoms with E-state index in [1.54, 1.807) is 23.6 Å². The van der Waals surface area contributed by atoms with Gasteiger partial charge < -0.3 is 9.15 Å². The molecule has 0 spiro atoms. The van der Waals surface area contributed by atoms with Crippen LogP contribution < -0.4 is 5.56 Å². The van der Waals surface area contributed by atoms with Gasteiger partial charge in [0.1, 0.15) is 17.1 Å². The molecule has 130 valence electrons. The second kappa shape index (κ2) is 7.14. The second-order valence-corrected chi connectivity index (χ2v) is 6.37. The summed E-state index contributed by atoms with van der Waals surface area (Å²) in [5, 5.41) is 1.23. The van der Waals surface area contributed by atoms with Crippen LogP contribution >= 0.6 is 11.8 Å². The Hall–Kier alpha value is -2.54. The number of aromatic nitrogens is 2. The smallest absolute Gasteiger partial charge is 0.341 e. The average Bonchev–Trinajstić information content (AvgIpc) is 3.00. The molecule has 3 rings (SSSR count). The van der Waals surface area contributed by atoms with E-state index in [1.165, 1.54) is 18.9 Å². The Morgan fingerprint density at radius 2 is 2.12 bits per heavy atom. The van der Waals surface area contributed by atoms with Gasteiger partial charge in [0.2, 0.25) is 0 Å². The number of furan rings is 1. The van der Waals surface area contributed by atoms with Crippen LogP contribution in [0.5, 0.6) is 0 Å². The van der Waals surface area contributed by atoms with E-state index in [0.29, 0.717) is 45.4 Å². The second-order valence-electron chi connectivity index (χ2n) is 5.42. The van der Waals surface area contributed by atoms with Crippen LogP contribution in [0.15, 0.2) is 44.7 Å². The van der Waals surface area contributed by atoms with E-state index >= 15 is 0 Å².